The molecule has 2 N–H and O–H groups in total. The zero-order chi connectivity index (χ0) is 24.2. The topological polar surface area (TPSA) is 71.2 Å². The number of rotatable bonds is 10. The maximum atomic E-state index is 13.8. The largest absolute Gasteiger partial charge is 0.381 e. The van der Waals surface area contributed by atoms with Crippen LogP contribution >= 0.6 is 0 Å². The van der Waals surface area contributed by atoms with Crippen LogP contribution in [0.5, 0.6) is 0 Å². The van der Waals surface area contributed by atoms with Gasteiger partial charge in [0.05, 0.1) is 19.3 Å². The molecule has 1 aliphatic heterocycles. The minimum atomic E-state index is -0.458. The Morgan fingerprint density at radius 3 is 2.51 bits per heavy atom. The Kier molecular flexibility index (Phi) is 6.89. The van der Waals surface area contributed by atoms with Gasteiger partial charge in [0.1, 0.15) is 0 Å². The average Bonchev–Trinajstić information content (AvgIpc) is 3.28. The lowest BCUT2D eigenvalue weighted by molar-refractivity contribution is -0.0321. The highest BCUT2D eigenvalue weighted by atomic mass is 16.5. The molecule has 0 radical (unpaired) electrons. The van der Waals surface area contributed by atoms with Crippen LogP contribution in [0.2, 0.25) is 0 Å². The summed E-state index contributed by atoms with van der Waals surface area (Å²) in [5, 5.41) is 4.32. The van der Waals surface area contributed by atoms with E-state index in [4.69, 9.17) is 4.74 Å². The Morgan fingerprint density at radius 2 is 1.80 bits per heavy atom. The Morgan fingerprint density at radius 1 is 1.03 bits per heavy atom. The van der Waals surface area contributed by atoms with E-state index in [1.807, 2.05) is 48.5 Å². The molecule has 0 unspecified atom stereocenters. The van der Waals surface area contributed by atoms with Crippen LogP contribution in [0.4, 0.5) is 0 Å². The van der Waals surface area contributed by atoms with Crippen molar-refractivity contribution >= 4 is 22.5 Å². The number of aromatic nitrogens is 1. The van der Waals surface area contributed by atoms with Crippen LogP contribution in [0.25, 0.3) is 10.9 Å². The van der Waals surface area contributed by atoms with Gasteiger partial charge in [0.25, 0.3) is 0 Å². The van der Waals surface area contributed by atoms with Crippen LogP contribution in [0.3, 0.4) is 0 Å². The zero-order valence-electron chi connectivity index (χ0n) is 19.9. The number of aryl methyl sites for hydroxylation is 1. The number of ketones is 2. The van der Waals surface area contributed by atoms with Crippen LogP contribution in [0.1, 0.15) is 49.9 Å². The molecule has 1 saturated heterocycles. The number of nitrogens with one attached hydrogen (secondary N) is 2. The van der Waals surface area contributed by atoms with Crippen LogP contribution in [0.15, 0.2) is 79.0 Å². The summed E-state index contributed by atoms with van der Waals surface area (Å²) < 4.78 is 5.19. The molecular weight excluding hydrogens is 436 g/mol. The van der Waals surface area contributed by atoms with E-state index in [1.54, 1.807) is 6.20 Å². The van der Waals surface area contributed by atoms with Crippen molar-refractivity contribution in [1.82, 2.24) is 10.3 Å². The Balaban J connectivity index is 1.35. The first-order valence-corrected chi connectivity index (χ1v) is 12.2. The van der Waals surface area contributed by atoms with Gasteiger partial charge < -0.3 is 15.0 Å². The van der Waals surface area contributed by atoms with Crippen LogP contribution in [0, 0.1) is 12.8 Å². The van der Waals surface area contributed by atoms with Crippen LogP contribution < -0.4 is 5.32 Å². The van der Waals surface area contributed by atoms with Crippen molar-refractivity contribution in [1.29, 1.82) is 0 Å². The third-order valence-corrected chi connectivity index (χ3v) is 6.73. The van der Waals surface area contributed by atoms with Gasteiger partial charge >= 0.3 is 0 Å². The van der Waals surface area contributed by atoms with Gasteiger partial charge in [-0.2, -0.15) is 0 Å². The van der Waals surface area contributed by atoms with Gasteiger partial charge in [-0.05, 0) is 30.5 Å². The fourth-order valence-corrected chi connectivity index (χ4v) is 4.56. The highest BCUT2D eigenvalue weighted by molar-refractivity contribution is 6.11. The minimum absolute atomic E-state index is 0.0112. The SMILES string of the molecule is Cc1ccc(CCN[C@@H](C(=O)c2c[nH]c3cc(C(=O)CC4COC4)ccc23)c2ccccc2)cc1. The number of hydrogen-bond acceptors (Lipinski definition) is 4. The van der Waals surface area contributed by atoms with Crippen molar-refractivity contribution in [3.8, 4) is 0 Å². The van der Waals surface area contributed by atoms with Crippen molar-refractivity contribution in [3.63, 3.8) is 0 Å². The third kappa shape index (κ3) is 5.26. The number of fused-ring (bicyclic) bond motifs is 1. The molecule has 35 heavy (non-hydrogen) atoms. The molecule has 178 valence electrons. The Bertz CT molecular complexity index is 1320. The lowest BCUT2D eigenvalue weighted by Gasteiger charge is -2.25. The molecule has 0 bridgehead atoms. The molecule has 5 nitrogen and oxygen atoms in total. The summed E-state index contributed by atoms with van der Waals surface area (Å²) >= 11 is 0. The van der Waals surface area contributed by atoms with Crippen molar-refractivity contribution in [2.45, 2.75) is 25.8 Å². The number of aromatic amines is 1. The van der Waals surface area contributed by atoms with E-state index in [0.29, 0.717) is 43.2 Å². The maximum absolute atomic E-state index is 13.8. The molecule has 1 aliphatic rings. The second-order valence-electron chi connectivity index (χ2n) is 9.39. The standard InChI is InChI=1S/C30H30N2O3/c1-20-7-9-21(10-8-20)13-14-31-29(23-5-3-2-4-6-23)30(34)26-17-32-27-16-24(11-12-25(26)27)28(33)15-22-18-35-19-22/h2-12,16-17,22,29,31-32H,13-15,18-19H2,1H3/t29-/m1/s1. The normalized spacial score (nSPS) is 14.5. The first-order valence-electron chi connectivity index (χ1n) is 12.2. The van der Waals surface area contributed by atoms with E-state index >= 15 is 0 Å². The number of H-pyrrole nitrogens is 1. The fraction of sp³-hybridized carbons (Fsp3) is 0.267. The van der Waals surface area contributed by atoms with Crippen molar-refractivity contribution in [3.05, 3.63) is 107 Å². The van der Waals surface area contributed by atoms with E-state index in [1.165, 1.54) is 11.1 Å². The van der Waals surface area contributed by atoms with Crippen molar-refractivity contribution in [2.75, 3.05) is 19.8 Å². The van der Waals surface area contributed by atoms with Gasteiger partial charge in [-0.1, -0.05) is 72.3 Å². The van der Waals surface area contributed by atoms with E-state index in [0.717, 1.165) is 22.9 Å². The van der Waals surface area contributed by atoms with E-state index in [9.17, 15) is 9.59 Å². The second-order valence-corrected chi connectivity index (χ2v) is 9.39. The van der Waals surface area contributed by atoms with Gasteiger partial charge in [-0.15, -0.1) is 0 Å². The molecule has 1 fully saturated rings. The number of carbonyl (C=O) groups is 2. The Hall–Kier alpha value is -3.54. The van der Waals surface area contributed by atoms with E-state index < -0.39 is 6.04 Å². The summed E-state index contributed by atoms with van der Waals surface area (Å²) in [5.41, 5.74) is 5.50. The summed E-state index contributed by atoms with van der Waals surface area (Å²) in [6.07, 6.45) is 3.10. The summed E-state index contributed by atoms with van der Waals surface area (Å²) in [6, 6.07) is 23.4. The first kappa shape index (κ1) is 23.2. The van der Waals surface area contributed by atoms with Gasteiger partial charge in [0.15, 0.2) is 11.6 Å². The number of Topliss-reactive ketones (excluding diaryl/α,β-unsaturated/α-hetero) is 2. The van der Waals surface area contributed by atoms with Gasteiger partial charge in [-0.3, -0.25) is 9.59 Å². The van der Waals surface area contributed by atoms with E-state index in [2.05, 4.69) is 41.5 Å². The summed E-state index contributed by atoms with van der Waals surface area (Å²) in [7, 11) is 0. The average molecular weight is 467 g/mol. The molecule has 5 heteroatoms. The van der Waals surface area contributed by atoms with Gasteiger partial charge in [0.2, 0.25) is 0 Å². The number of hydrogen-bond donors (Lipinski definition) is 2. The quantitative estimate of drug-likeness (QED) is 0.305. The highest BCUT2D eigenvalue weighted by Crippen LogP contribution is 2.27. The number of ether oxygens (including phenoxy) is 1. The zero-order valence-corrected chi connectivity index (χ0v) is 19.9. The molecule has 2 heterocycles. The fourth-order valence-electron chi connectivity index (χ4n) is 4.56. The summed E-state index contributed by atoms with van der Waals surface area (Å²) in [6.45, 7) is 4.08. The third-order valence-electron chi connectivity index (χ3n) is 6.73. The number of benzene rings is 3. The first-order chi connectivity index (χ1) is 17.1. The second kappa shape index (κ2) is 10.4. The Labute approximate surface area is 205 Å². The van der Waals surface area contributed by atoms with Gasteiger partial charge in [0, 0.05) is 47.1 Å². The minimum Gasteiger partial charge on any atom is -0.381 e. The van der Waals surface area contributed by atoms with Crippen molar-refractivity contribution < 1.29 is 14.3 Å². The lowest BCUT2D eigenvalue weighted by atomic mass is 9.94. The summed E-state index contributed by atoms with van der Waals surface area (Å²) in [5.74, 6) is 0.441. The maximum Gasteiger partial charge on any atom is 0.186 e. The molecule has 4 aromatic rings. The smallest absolute Gasteiger partial charge is 0.186 e. The monoisotopic (exact) mass is 466 g/mol. The molecular formula is C30H30N2O3. The molecule has 0 saturated carbocycles. The molecule has 5 rings (SSSR count). The predicted molar refractivity (Wildman–Crippen MR) is 138 cm³/mol. The summed E-state index contributed by atoms with van der Waals surface area (Å²) in [4.78, 5) is 29.6. The van der Waals surface area contributed by atoms with Crippen LogP contribution in [-0.2, 0) is 11.2 Å². The van der Waals surface area contributed by atoms with Crippen LogP contribution in [-0.4, -0.2) is 36.3 Å². The molecule has 1 aromatic heterocycles. The predicted octanol–water partition coefficient (Wildman–Crippen LogP) is 5.45. The van der Waals surface area contributed by atoms with E-state index in [-0.39, 0.29) is 11.6 Å². The number of carbonyl (C=O) groups excluding carboxylic acids is 2. The van der Waals surface area contributed by atoms with Gasteiger partial charge in [-0.25, -0.2) is 0 Å². The molecule has 1 atom stereocenters. The lowest BCUT2D eigenvalue weighted by Crippen LogP contribution is -2.30. The highest BCUT2D eigenvalue weighted by Gasteiger charge is 2.25. The van der Waals surface area contributed by atoms with Crippen molar-refractivity contribution in [2.24, 2.45) is 5.92 Å². The molecule has 0 spiro atoms. The molecule has 0 aliphatic carbocycles. The molecule has 0 amide bonds. The molecule has 3 aromatic carbocycles.